The Morgan fingerprint density at radius 2 is 1.90 bits per heavy atom. The van der Waals surface area contributed by atoms with E-state index in [2.05, 4.69) is 35.9 Å². The minimum Gasteiger partial charge on any atom is -0.393 e. The molecule has 3 fully saturated rings. The number of ketones is 1. The number of allylic oxidation sites excluding steroid dienone is 2. The molecule has 3 unspecified atom stereocenters. The van der Waals surface area contributed by atoms with Gasteiger partial charge in [-0.15, -0.1) is 0 Å². The van der Waals surface area contributed by atoms with Crippen LogP contribution in [0.4, 0.5) is 0 Å². The van der Waals surface area contributed by atoms with Crippen molar-refractivity contribution in [3.05, 3.63) is 46.1 Å². The number of aliphatic hydroxyl groups excluding tert-OH is 1. The number of fused-ring (bicyclic) bond motifs is 5. The van der Waals surface area contributed by atoms with E-state index >= 15 is 0 Å². The maximum atomic E-state index is 13.5. The monoisotopic (exact) mass is 471 g/mol. The van der Waals surface area contributed by atoms with Crippen LogP contribution in [0.5, 0.6) is 0 Å². The van der Waals surface area contributed by atoms with E-state index < -0.39 is 0 Å². The highest BCUT2D eigenvalue weighted by atomic mass is 79.9. The largest absolute Gasteiger partial charge is 0.393 e. The number of rotatable bonds is 2. The van der Waals surface area contributed by atoms with Crippen molar-refractivity contribution < 1.29 is 14.7 Å². The molecule has 4 aliphatic rings. The molecule has 1 heterocycles. The number of likely N-dealkylation sites (tertiary alicyclic amines) is 1. The van der Waals surface area contributed by atoms with Crippen LogP contribution in [-0.4, -0.2) is 27.8 Å². The van der Waals surface area contributed by atoms with Gasteiger partial charge in [-0.05, 0) is 55.2 Å². The molecule has 1 N–H and O–H groups in total. The van der Waals surface area contributed by atoms with Crippen molar-refractivity contribution in [3.63, 3.8) is 0 Å². The zero-order chi connectivity index (χ0) is 21.3. The normalized spacial score (nSPS) is 40.5. The Morgan fingerprint density at radius 1 is 1.17 bits per heavy atom. The quantitative estimate of drug-likeness (QED) is 0.670. The fourth-order valence-electron chi connectivity index (χ4n) is 7.20. The SMILES string of the molecule is CC12CCC(=O)N(Cc3ccc(Br)cc3)C1=CC[C@@H]1[C@@H]2C(=O)CC2(C)C(O)CC[C@@H]12. The number of amides is 1. The van der Waals surface area contributed by atoms with Crippen LogP contribution in [0.1, 0.15) is 57.9 Å². The highest BCUT2D eigenvalue weighted by molar-refractivity contribution is 9.10. The van der Waals surface area contributed by atoms with Crippen LogP contribution in [0.2, 0.25) is 0 Å². The molecular formula is C25H30BrNO3. The van der Waals surface area contributed by atoms with Crippen molar-refractivity contribution in [2.45, 2.75) is 65.0 Å². The van der Waals surface area contributed by atoms with Crippen LogP contribution in [0.3, 0.4) is 0 Å². The number of halogens is 1. The Kier molecular flexibility index (Phi) is 4.79. The number of carbonyl (C=O) groups excluding carboxylic acids is 2. The summed E-state index contributed by atoms with van der Waals surface area (Å²) in [5.74, 6) is 1.09. The average molecular weight is 472 g/mol. The number of hydrogen-bond acceptors (Lipinski definition) is 3. The fourth-order valence-corrected chi connectivity index (χ4v) is 7.47. The predicted octanol–water partition coefficient (Wildman–Crippen LogP) is 4.85. The van der Waals surface area contributed by atoms with Crippen molar-refractivity contribution in [2.75, 3.05) is 0 Å². The number of nitrogens with zero attached hydrogens (tertiary/aromatic N) is 1. The standard InChI is InChI=1S/C25H30BrNO3/c1-24-12-11-22(30)27(14-15-3-5-16(26)6-4-15)20(24)9-7-17-18-8-10-21(29)25(18,2)13-19(28)23(17)24/h3-6,9,17-18,21,23,29H,7-8,10-14H2,1-2H3/t17-,18-,21?,23+,24?,25?/m0/s1. The highest BCUT2D eigenvalue weighted by Gasteiger charge is 2.62. The summed E-state index contributed by atoms with van der Waals surface area (Å²) in [4.78, 5) is 28.4. The van der Waals surface area contributed by atoms with Gasteiger partial charge in [0.05, 0.1) is 12.6 Å². The summed E-state index contributed by atoms with van der Waals surface area (Å²) in [6.45, 7) is 4.89. The van der Waals surface area contributed by atoms with Gasteiger partial charge in [-0.2, -0.15) is 0 Å². The first-order valence-corrected chi connectivity index (χ1v) is 12.0. The Morgan fingerprint density at radius 3 is 2.63 bits per heavy atom. The summed E-state index contributed by atoms with van der Waals surface area (Å²) in [5.41, 5.74) is 1.58. The molecular weight excluding hydrogens is 442 g/mol. The summed E-state index contributed by atoms with van der Waals surface area (Å²) in [7, 11) is 0. The molecule has 0 aromatic heterocycles. The number of aliphatic hydroxyl groups is 1. The summed E-state index contributed by atoms with van der Waals surface area (Å²) in [6.07, 6.45) is 6.24. The average Bonchev–Trinajstić information content (AvgIpc) is 3.00. The molecule has 5 rings (SSSR count). The second-order valence-corrected chi connectivity index (χ2v) is 11.3. The molecule has 1 amide bonds. The second kappa shape index (κ2) is 7.03. The molecule has 6 atom stereocenters. The molecule has 5 heteroatoms. The lowest BCUT2D eigenvalue weighted by Crippen LogP contribution is -2.57. The molecule has 160 valence electrons. The van der Waals surface area contributed by atoms with E-state index in [1.165, 1.54) is 0 Å². The summed E-state index contributed by atoms with van der Waals surface area (Å²) < 4.78 is 1.02. The van der Waals surface area contributed by atoms with Gasteiger partial charge in [-0.1, -0.05) is 48.0 Å². The molecule has 0 radical (unpaired) electrons. The Bertz CT molecular complexity index is 925. The van der Waals surface area contributed by atoms with E-state index in [1.807, 2.05) is 29.2 Å². The summed E-state index contributed by atoms with van der Waals surface area (Å²) in [6, 6.07) is 8.11. The summed E-state index contributed by atoms with van der Waals surface area (Å²) >= 11 is 3.47. The highest BCUT2D eigenvalue weighted by Crippen LogP contribution is 2.63. The first kappa shape index (κ1) is 20.4. The number of carbonyl (C=O) groups is 2. The molecule has 1 saturated heterocycles. The van der Waals surface area contributed by atoms with Gasteiger partial charge in [-0.25, -0.2) is 0 Å². The maximum absolute atomic E-state index is 13.5. The van der Waals surface area contributed by atoms with Crippen molar-refractivity contribution in [2.24, 2.45) is 28.6 Å². The van der Waals surface area contributed by atoms with E-state index in [1.54, 1.807) is 0 Å². The van der Waals surface area contributed by atoms with E-state index in [0.717, 1.165) is 41.4 Å². The first-order valence-electron chi connectivity index (χ1n) is 11.2. The fraction of sp³-hybridized carbons (Fsp3) is 0.600. The lowest BCUT2D eigenvalue weighted by atomic mass is 9.49. The smallest absolute Gasteiger partial charge is 0.227 e. The maximum Gasteiger partial charge on any atom is 0.227 e. The van der Waals surface area contributed by atoms with Gasteiger partial charge in [0.15, 0.2) is 0 Å². The third-order valence-electron chi connectivity index (χ3n) is 8.77. The van der Waals surface area contributed by atoms with Crippen molar-refractivity contribution in [1.29, 1.82) is 0 Å². The van der Waals surface area contributed by atoms with Gasteiger partial charge in [0, 0.05) is 39.8 Å². The van der Waals surface area contributed by atoms with Crippen LogP contribution in [0.15, 0.2) is 40.5 Å². The molecule has 30 heavy (non-hydrogen) atoms. The minimum atomic E-state index is -0.368. The van der Waals surface area contributed by atoms with Crippen molar-refractivity contribution in [3.8, 4) is 0 Å². The van der Waals surface area contributed by atoms with Crippen LogP contribution in [0, 0.1) is 28.6 Å². The van der Waals surface area contributed by atoms with Crippen LogP contribution in [-0.2, 0) is 16.1 Å². The van der Waals surface area contributed by atoms with Gasteiger partial charge in [0.25, 0.3) is 0 Å². The van der Waals surface area contributed by atoms with Gasteiger partial charge in [0.2, 0.25) is 5.91 Å². The lowest BCUT2D eigenvalue weighted by Gasteiger charge is -2.57. The molecule has 2 saturated carbocycles. The zero-order valence-corrected chi connectivity index (χ0v) is 19.3. The third-order valence-corrected chi connectivity index (χ3v) is 9.29. The topological polar surface area (TPSA) is 57.6 Å². The third kappa shape index (κ3) is 2.88. The number of piperidine rings is 1. The molecule has 0 spiro atoms. The van der Waals surface area contributed by atoms with Gasteiger partial charge >= 0.3 is 0 Å². The Labute approximate surface area is 186 Å². The van der Waals surface area contributed by atoms with Crippen LogP contribution in [0.25, 0.3) is 0 Å². The van der Waals surface area contributed by atoms with Gasteiger partial charge < -0.3 is 10.0 Å². The number of hydrogen-bond donors (Lipinski definition) is 1. The second-order valence-electron chi connectivity index (χ2n) is 10.3. The van der Waals surface area contributed by atoms with Gasteiger partial charge in [0.1, 0.15) is 5.78 Å². The van der Waals surface area contributed by atoms with Crippen molar-refractivity contribution in [1.82, 2.24) is 4.90 Å². The summed E-state index contributed by atoms with van der Waals surface area (Å²) in [5, 5.41) is 10.6. The van der Waals surface area contributed by atoms with E-state index in [4.69, 9.17) is 0 Å². The first-order chi connectivity index (χ1) is 14.2. The van der Waals surface area contributed by atoms with E-state index in [9.17, 15) is 14.7 Å². The number of benzene rings is 1. The van der Waals surface area contributed by atoms with Crippen LogP contribution < -0.4 is 0 Å². The molecule has 4 nitrogen and oxygen atoms in total. The molecule has 0 bridgehead atoms. The Balaban J connectivity index is 1.51. The molecule has 1 aromatic rings. The molecule has 3 aliphatic carbocycles. The minimum absolute atomic E-state index is 0.0404. The lowest BCUT2D eigenvalue weighted by molar-refractivity contribution is -0.152. The van der Waals surface area contributed by atoms with Crippen LogP contribution >= 0.6 is 15.9 Å². The predicted molar refractivity (Wildman–Crippen MR) is 118 cm³/mol. The zero-order valence-electron chi connectivity index (χ0n) is 17.7. The van der Waals surface area contributed by atoms with E-state index in [-0.39, 0.29) is 34.7 Å². The van der Waals surface area contributed by atoms with Gasteiger partial charge in [-0.3, -0.25) is 9.59 Å². The van der Waals surface area contributed by atoms with E-state index in [0.29, 0.717) is 31.1 Å². The molecule has 1 aliphatic heterocycles. The van der Waals surface area contributed by atoms with Crippen molar-refractivity contribution >= 4 is 27.6 Å². The number of Topliss-reactive ketones (excluding diaryl/α,β-unsaturated/α-hetero) is 1. The Hall–Kier alpha value is -1.46. The molecule has 1 aromatic carbocycles.